The van der Waals surface area contributed by atoms with E-state index in [0.717, 1.165) is 32.6 Å². The molecule has 86 valence electrons. The summed E-state index contributed by atoms with van der Waals surface area (Å²) >= 11 is 10.9. The fraction of sp³-hybridized carbons (Fsp3) is 1.00. The Hall–Kier alpha value is 1.66. The zero-order valence-electron chi connectivity index (χ0n) is 9.49. The average molecular weight is 409 g/mol. The van der Waals surface area contributed by atoms with Gasteiger partial charge in [-0.1, -0.05) is 75.1 Å². The third-order valence-electron chi connectivity index (χ3n) is 3.88. The Bertz CT molecular complexity index is 137. The molecule has 0 aliphatic carbocycles. The molecule has 0 aromatic rings. The first-order valence-electron chi connectivity index (χ1n) is 5.12. The Balaban J connectivity index is 4.83. The first kappa shape index (κ1) is 15.7. The zero-order valence-corrected chi connectivity index (χ0v) is 15.2. The van der Waals surface area contributed by atoms with Gasteiger partial charge in [-0.3, -0.25) is 0 Å². The van der Waals surface area contributed by atoms with Gasteiger partial charge in [0, 0.05) is 16.0 Å². The van der Waals surface area contributed by atoms with Crippen LogP contribution in [0.5, 0.6) is 0 Å². The summed E-state index contributed by atoms with van der Waals surface area (Å²) in [4.78, 5) is 0. The summed E-state index contributed by atoms with van der Waals surface area (Å²) in [6.45, 7) is 9.76. The summed E-state index contributed by atoms with van der Waals surface area (Å²) < 4.78 is 0. The average Bonchev–Trinajstić information content (AvgIpc) is 2.24. The van der Waals surface area contributed by atoms with Gasteiger partial charge in [-0.2, -0.15) is 0 Å². The molecule has 0 rings (SSSR count). The molecule has 0 radical (unpaired) electrons. The third-order valence-corrected chi connectivity index (χ3v) is 15.6. The predicted octanol–water partition coefficient (Wildman–Crippen LogP) is 5.42. The van der Waals surface area contributed by atoms with Crippen LogP contribution in [0.15, 0.2) is 0 Å². The number of alkyl halides is 3. The first-order chi connectivity index (χ1) is 6.44. The van der Waals surface area contributed by atoms with Crippen LogP contribution in [0, 0.1) is 0 Å². The van der Waals surface area contributed by atoms with Gasteiger partial charge in [0.2, 0.25) is 0 Å². The number of rotatable bonds is 6. The van der Waals surface area contributed by atoms with Crippen molar-refractivity contribution in [2.45, 2.75) is 43.9 Å². The highest BCUT2D eigenvalue weighted by atomic mass is 79.9. The molecule has 3 unspecified atom stereocenters. The minimum atomic E-state index is -1.20. The second kappa shape index (κ2) is 7.07. The van der Waals surface area contributed by atoms with Gasteiger partial charge in [-0.15, -0.1) is 0 Å². The minimum Gasteiger partial charge on any atom is -0.0928 e. The van der Waals surface area contributed by atoms with Crippen molar-refractivity contribution in [1.82, 2.24) is 0 Å². The van der Waals surface area contributed by atoms with E-state index in [9.17, 15) is 0 Å². The fourth-order valence-corrected chi connectivity index (χ4v) is 12.1. The van der Waals surface area contributed by atoms with Crippen molar-refractivity contribution < 1.29 is 0 Å². The molecule has 0 aliphatic rings. The summed E-state index contributed by atoms with van der Waals surface area (Å²) in [5.41, 5.74) is 2.51. The maximum Gasteiger partial charge on any atom is 0.0614 e. The quantitative estimate of drug-likeness (QED) is 0.406. The van der Waals surface area contributed by atoms with E-state index < -0.39 is 8.07 Å². The van der Waals surface area contributed by atoms with Gasteiger partial charge in [0.05, 0.1) is 8.07 Å². The van der Waals surface area contributed by atoms with Gasteiger partial charge < -0.3 is 0 Å². The van der Waals surface area contributed by atoms with E-state index in [0.29, 0.717) is 0 Å². The van der Waals surface area contributed by atoms with E-state index in [1.807, 2.05) is 0 Å². The molecule has 0 nitrogen and oxygen atoms in total. The van der Waals surface area contributed by atoms with Crippen molar-refractivity contribution in [2.24, 2.45) is 0 Å². The standard InChI is InChI=1S/C10H21Br3Si/c1-8(5-11)14(4,9(2)6-12)10(3)7-13/h8-10H,5-7H2,1-4H3. The van der Waals surface area contributed by atoms with Crippen molar-refractivity contribution in [1.29, 1.82) is 0 Å². The van der Waals surface area contributed by atoms with Crippen LogP contribution in [-0.2, 0) is 0 Å². The highest BCUT2D eigenvalue weighted by Crippen LogP contribution is 2.43. The minimum absolute atomic E-state index is 0.836. The molecule has 0 saturated carbocycles. The van der Waals surface area contributed by atoms with E-state index in [1.165, 1.54) is 0 Å². The normalized spacial score (nSPS) is 22.5. The topological polar surface area (TPSA) is 0 Å². The fourth-order valence-electron chi connectivity index (χ4n) is 1.96. The summed E-state index contributed by atoms with van der Waals surface area (Å²) in [5.74, 6) is 0. The maximum absolute atomic E-state index is 3.65. The van der Waals surface area contributed by atoms with E-state index in [1.54, 1.807) is 0 Å². The summed E-state index contributed by atoms with van der Waals surface area (Å²) in [5, 5.41) is 3.43. The number of halogens is 3. The van der Waals surface area contributed by atoms with Crippen molar-refractivity contribution in [3.8, 4) is 0 Å². The Kier molecular flexibility index (Phi) is 7.91. The Labute approximate surface area is 115 Å². The van der Waals surface area contributed by atoms with Crippen molar-refractivity contribution in [3.05, 3.63) is 0 Å². The van der Waals surface area contributed by atoms with Gasteiger partial charge in [-0.25, -0.2) is 0 Å². The van der Waals surface area contributed by atoms with E-state index in [2.05, 4.69) is 75.1 Å². The highest BCUT2D eigenvalue weighted by molar-refractivity contribution is 9.09. The van der Waals surface area contributed by atoms with Gasteiger partial charge in [-0.05, 0) is 16.6 Å². The molecule has 0 aromatic carbocycles. The molecule has 0 saturated heterocycles. The van der Waals surface area contributed by atoms with Crippen LogP contribution in [0.3, 0.4) is 0 Å². The molecule has 0 aliphatic heterocycles. The lowest BCUT2D eigenvalue weighted by Crippen LogP contribution is -2.45. The van der Waals surface area contributed by atoms with Crippen molar-refractivity contribution in [2.75, 3.05) is 16.0 Å². The molecule has 3 atom stereocenters. The largest absolute Gasteiger partial charge is 0.0928 e. The third kappa shape index (κ3) is 3.32. The molecule has 0 amide bonds. The van der Waals surface area contributed by atoms with Gasteiger partial charge in [0.1, 0.15) is 0 Å². The monoisotopic (exact) mass is 406 g/mol. The molecular weight excluding hydrogens is 388 g/mol. The maximum atomic E-state index is 3.65. The molecule has 0 fully saturated rings. The number of hydrogen-bond acceptors (Lipinski definition) is 0. The molecule has 4 heteroatoms. The van der Waals surface area contributed by atoms with Gasteiger partial charge in [0.15, 0.2) is 0 Å². The second-order valence-electron chi connectivity index (χ2n) is 4.53. The lowest BCUT2D eigenvalue weighted by Gasteiger charge is -2.42. The highest BCUT2D eigenvalue weighted by Gasteiger charge is 2.42. The lowest BCUT2D eigenvalue weighted by atomic mass is 10.5. The Morgan fingerprint density at radius 1 is 0.786 bits per heavy atom. The Morgan fingerprint density at radius 3 is 1.14 bits per heavy atom. The summed E-state index contributed by atoms with van der Waals surface area (Å²) in [7, 11) is -1.20. The summed E-state index contributed by atoms with van der Waals surface area (Å²) in [6, 6.07) is 0. The molecule has 0 aromatic heterocycles. The Morgan fingerprint density at radius 2 is 1.00 bits per heavy atom. The van der Waals surface area contributed by atoms with Crippen LogP contribution in [0.1, 0.15) is 20.8 Å². The van der Waals surface area contributed by atoms with Crippen LogP contribution in [0.4, 0.5) is 0 Å². The van der Waals surface area contributed by atoms with Crippen LogP contribution in [0.25, 0.3) is 0 Å². The predicted molar refractivity (Wildman–Crippen MR) is 81.3 cm³/mol. The molecule has 0 heterocycles. The molecular formula is C10H21Br3Si. The van der Waals surface area contributed by atoms with Crippen LogP contribution < -0.4 is 0 Å². The van der Waals surface area contributed by atoms with Gasteiger partial charge >= 0.3 is 0 Å². The molecule has 0 spiro atoms. The zero-order chi connectivity index (χ0) is 11.4. The van der Waals surface area contributed by atoms with E-state index in [4.69, 9.17) is 0 Å². The summed E-state index contributed by atoms with van der Waals surface area (Å²) in [6.07, 6.45) is 0. The molecule has 0 N–H and O–H groups in total. The van der Waals surface area contributed by atoms with Crippen LogP contribution >= 0.6 is 47.8 Å². The lowest BCUT2D eigenvalue weighted by molar-refractivity contribution is 0.845. The van der Waals surface area contributed by atoms with Crippen LogP contribution in [-0.4, -0.2) is 24.1 Å². The SMILES string of the molecule is CC(CBr)[Si](C)(C(C)CBr)C(C)CBr. The van der Waals surface area contributed by atoms with Crippen molar-refractivity contribution in [3.63, 3.8) is 0 Å². The second-order valence-corrected chi connectivity index (χ2v) is 12.2. The number of hydrogen-bond donors (Lipinski definition) is 0. The first-order valence-corrected chi connectivity index (χ1v) is 11.2. The van der Waals surface area contributed by atoms with Crippen molar-refractivity contribution >= 4 is 55.9 Å². The smallest absolute Gasteiger partial charge is 0.0614 e. The van der Waals surface area contributed by atoms with E-state index >= 15 is 0 Å². The van der Waals surface area contributed by atoms with Crippen LogP contribution in [0.2, 0.25) is 23.2 Å². The van der Waals surface area contributed by atoms with Gasteiger partial charge in [0.25, 0.3) is 0 Å². The molecule has 14 heavy (non-hydrogen) atoms. The molecule has 0 bridgehead atoms. The van der Waals surface area contributed by atoms with E-state index in [-0.39, 0.29) is 0 Å².